The smallest absolute Gasteiger partial charge is 0.339 e. The van der Waals surface area contributed by atoms with Crippen LogP contribution in [0.5, 0.6) is 5.75 Å². The standard InChI is InChI=1S/C23H21N3O4/c1-16-4-2-3-5-21(16)25-23(29)26-24-14-17-8-12-20(13-9-17)30-15-18-6-10-19(11-7-18)22(27)28/h2-14H,15H2,1H3,(H,27,28)(H2,25,26,29). The van der Waals surface area contributed by atoms with Gasteiger partial charge in [0.05, 0.1) is 11.8 Å². The zero-order chi connectivity index (χ0) is 21.3. The molecule has 0 unspecified atom stereocenters. The molecule has 0 aliphatic rings. The highest BCUT2D eigenvalue weighted by atomic mass is 16.5. The van der Waals surface area contributed by atoms with E-state index < -0.39 is 12.0 Å². The first-order chi connectivity index (χ1) is 14.5. The quantitative estimate of drug-likeness (QED) is 0.401. The normalized spacial score (nSPS) is 10.6. The number of anilines is 1. The van der Waals surface area contributed by atoms with Gasteiger partial charge >= 0.3 is 12.0 Å². The van der Waals surface area contributed by atoms with E-state index in [9.17, 15) is 9.59 Å². The van der Waals surface area contributed by atoms with E-state index in [0.29, 0.717) is 12.4 Å². The molecule has 30 heavy (non-hydrogen) atoms. The zero-order valence-electron chi connectivity index (χ0n) is 16.3. The van der Waals surface area contributed by atoms with Gasteiger partial charge in [-0.2, -0.15) is 5.10 Å². The largest absolute Gasteiger partial charge is 0.489 e. The van der Waals surface area contributed by atoms with Gasteiger partial charge in [0.1, 0.15) is 12.4 Å². The predicted molar refractivity (Wildman–Crippen MR) is 115 cm³/mol. The average Bonchev–Trinajstić information content (AvgIpc) is 2.75. The maximum absolute atomic E-state index is 11.9. The van der Waals surface area contributed by atoms with Crippen LogP contribution in [0.15, 0.2) is 77.9 Å². The van der Waals surface area contributed by atoms with Crippen LogP contribution in [0.3, 0.4) is 0 Å². The van der Waals surface area contributed by atoms with Gasteiger partial charge in [-0.25, -0.2) is 15.0 Å². The number of rotatable bonds is 7. The van der Waals surface area contributed by atoms with E-state index in [0.717, 1.165) is 22.4 Å². The van der Waals surface area contributed by atoms with Crippen LogP contribution in [0.25, 0.3) is 0 Å². The third kappa shape index (κ3) is 5.93. The number of benzene rings is 3. The lowest BCUT2D eigenvalue weighted by atomic mass is 10.1. The molecule has 0 fully saturated rings. The van der Waals surface area contributed by atoms with E-state index in [2.05, 4.69) is 15.8 Å². The van der Waals surface area contributed by atoms with Crippen molar-refractivity contribution in [2.45, 2.75) is 13.5 Å². The van der Waals surface area contributed by atoms with Crippen molar-refractivity contribution in [3.8, 4) is 5.75 Å². The Morgan fingerprint density at radius 1 is 1.00 bits per heavy atom. The fourth-order valence-electron chi connectivity index (χ4n) is 2.59. The number of aryl methyl sites for hydroxylation is 1. The van der Waals surface area contributed by atoms with E-state index >= 15 is 0 Å². The number of nitrogens with one attached hydrogen (secondary N) is 2. The van der Waals surface area contributed by atoms with E-state index in [1.807, 2.05) is 43.3 Å². The fraction of sp³-hybridized carbons (Fsp3) is 0.0870. The first-order valence-corrected chi connectivity index (χ1v) is 9.22. The van der Waals surface area contributed by atoms with Crippen molar-refractivity contribution >= 4 is 23.9 Å². The molecule has 0 saturated carbocycles. The summed E-state index contributed by atoms with van der Waals surface area (Å²) >= 11 is 0. The van der Waals surface area contributed by atoms with Gasteiger partial charge in [-0.15, -0.1) is 0 Å². The van der Waals surface area contributed by atoms with Crippen LogP contribution < -0.4 is 15.5 Å². The van der Waals surface area contributed by atoms with Crippen molar-refractivity contribution in [3.05, 3.63) is 95.1 Å². The summed E-state index contributed by atoms with van der Waals surface area (Å²) in [5, 5.41) is 15.6. The third-order valence-electron chi connectivity index (χ3n) is 4.26. The molecule has 0 heterocycles. The minimum Gasteiger partial charge on any atom is -0.489 e. The molecule has 3 N–H and O–H groups in total. The molecule has 0 aliphatic heterocycles. The summed E-state index contributed by atoms with van der Waals surface area (Å²) < 4.78 is 5.70. The number of hydrogen-bond donors (Lipinski definition) is 3. The Labute approximate surface area is 174 Å². The number of ether oxygens (including phenoxy) is 1. The molecule has 0 bridgehead atoms. The molecule has 2 amide bonds. The molecule has 3 aromatic carbocycles. The summed E-state index contributed by atoms with van der Waals surface area (Å²) in [4.78, 5) is 22.8. The molecule has 0 spiro atoms. The number of carboxylic acid groups (broad SMARTS) is 1. The van der Waals surface area contributed by atoms with E-state index in [1.54, 1.807) is 36.4 Å². The monoisotopic (exact) mass is 403 g/mol. The third-order valence-corrected chi connectivity index (χ3v) is 4.26. The van der Waals surface area contributed by atoms with Crippen molar-refractivity contribution in [1.82, 2.24) is 5.43 Å². The van der Waals surface area contributed by atoms with Gasteiger partial charge < -0.3 is 15.2 Å². The summed E-state index contributed by atoms with van der Waals surface area (Å²) in [5.41, 5.74) is 6.02. The molecule has 152 valence electrons. The molecule has 3 aromatic rings. The summed E-state index contributed by atoms with van der Waals surface area (Å²) in [6.07, 6.45) is 1.53. The van der Waals surface area contributed by atoms with Gasteiger partial charge in [-0.05, 0) is 66.1 Å². The van der Waals surface area contributed by atoms with Crippen molar-refractivity contribution in [2.24, 2.45) is 5.10 Å². The highest BCUT2D eigenvalue weighted by Gasteiger charge is 2.03. The van der Waals surface area contributed by atoms with Gasteiger partial charge in [0, 0.05) is 5.69 Å². The van der Waals surface area contributed by atoms with Crippen LogP contribution in [0, 0.1) is 6.92 Å². The van der Waals surface area contributed by atoms with Crippen molar-refractivity contribution in [2.75, 3.05) is 5.32 Å². The lowest BCUT2D eigenvalue weighted by Crippen LogP contribution is -2.24. The van der Waals surface area contributed by atoms with Crippen molar-refractivity contribution in [1.29, 1.82) is 0 Å². The Balaban J connectivity index is 1.47. The fourth-order valence-corrected chi connectivity index (χ4v) is 2.59. The number of carbonyl (C=O) groups is 2. The van der Waals surface area contributed by atoms with Crippen molar-refractivity contribution < 1.29 is 19.4 Å². The Morgan fingerprint density at radius 2 is 1.70 bits per heavy atom. The molecule has 7 nitrogen and oxygen atoms in total. The van der Waals surface area contributed by atoms with Crippen LogP contribution in [-0.4, -0.2) is 23.3 Å². The molecule has 0 saturated heterocycles. The topological polar surface area (TPSA) is 100 Å². The van der Waals surface area contributed by atoms with E-state index in [1.165, 1.54) is 6.21 Å². The SMILES string of the molecule is Cc1ccccc1NC(=O)NN=Cc1ccc(OCc2ccc(C(=O)O)cc2)cc1. The van der Waals surface area contributed by atoms with Gasteiger partial charge in [0.15, 0.2) is 0 Å². The molecule has 3 rings (SSSR count). The number of hydrogen-bond acceptors (Lipinski definition) is 4. The maximum Gasteiger partial charge on any atom is 0.339 e. The first-order valence-electron chi connectivity index (χ1n) is 9.22. The molecule has 0 atom stereocenters. The first kappa shape index (κ1) is 20.6. The summed E-state index contributed by atoms with van der Waals surface area (Å²) in [5.74, 6) is -0.290. The predicted octanol–water partition coefficient (Wildman–Crippen LogP) is 4.43. The van der Waals surface area contributed by atoms with Crippen LogP contribution in [0.1, 0.15) is 27.0 Å². The van der Waals surface area contributed by atoms with E-state index in [-0.39, 0.29) is 5.56 Å². The molecule has 0 aliphatic carbocycles. The second-order valence-corrected chi connectivity index (χ2v) is 6.50. The van der Waals surface area contributed by atoms with Gasteiger partial charge in [0.25, 0.3) is 0 Å². The Bertz CT molecular complexity index is 1040. The molecular weight excluding hydrogens is 382 g/mol. The summed E-state index contributed by atoms with van der Waals surface area (Å²) in [6, 6.07) is 20.8. The number of para-hydroxylation sites is 1. The highest BCUT2D eigenvalue weighted by Crippen LogP contribution is 2.15. The Kier molecular flexibility index (Phi) is 6.78. The minimum absolute atomic E-state index is 0.239. The number of carboxylic acids is 1. The number of amides is 2. The van der Waals surface area contributed by atoms with E-state index in [4.69, 9.17) is 9.84 Å². The van der Waals surface area contributed by atoms with Gasteiger partial charge in [0.2, 0.25) is 0 Å². The van der Waals surface area contributed by atoms with Gasteiger partial charge in [-0.1, -0.05) is 30.3 Å². The molecule has 0 radical (unpaired) electrons. The number of carbonyl (C=O) groups excluding carboxylic acids is 1. The average molecular weight is 403 g/mol. The summed E-state index contributed by atoms with van der Waals surface area (Å²) in [6.45, 7) is 2.24. The second kappa shape index (κ2) is 9.88. The van der Waals surface area contributed by atoms with Crippen LogP contribution in [0.2, 0.25) is 0 Å². The summed E-state index contributed by atoms with van der Waals surface area (Å²) in [7, 11) is 0. The van der Waals surface area contributed by atoms with Crippen LogP contribution >= 0.6 is 0 Å². The molecular formula is C23H21N3O4. The van der Waals surface area contributed by atoms with Crippen molar-refractivity contribution in [3.63, 3.8) is 0 Å². The van der Waals surface area contributed by atoms with Crippen LogP contribution in [-0.2, 0) is 6.61 Å². The van der Waals surface area contributed by atoms with Gasteiger partial charge in [-0.3, -0.25) is 0 Å². The number of urea groups is 1. The highest BCUT2D eigenvalue weighted by molar-refractivity contribution is 5.91. The number of aromatic carboxylic acids is 1. The Morgan fingerprint density at radius 3 is 2.37 bits per heavy atom. The Hall–Kier alpha value is -4.13. The maximum atomic E-state index is 11.9. The molecule has 0 aromatic heterocycles. The zero-order valence-corrected chi connectivity index (χ0v) is 16.3. The molecule has 7 heteroatoms. The lowest BCUT2D eigenvalue weighted by molar-refractivity contribution is 0.0697. The lowest BCUT2D eigenvalue weighted by Gasteiger charge is -2.07. The number of hydrazone groups is 1. The number of nitrogens with zero attached hydrogens (tertiary/aromatic N) is 1. The van der Waals surface area contributed by atoms with Crippen LogP contribution in [0.4, 0.5) is 10.5 Å². The minimum atomic E-state index is -0.957. The second-order valence-electron chi connectivity index (χ2n) is 6.50.